The molecule has 0 aliphatic carbocycles. The van der Waals surface area contributed by atoms with Crippen LogP contribution in [0.25, 0.3) is 10.8 Å². The molecule has 0 fully saturated rings. The van der Waals surface area contributed by atoms with Crippen molar-refractivity contribution in [2.75, 3.05) is 5.33 Å². The molecule has 0 spiro atoms. The van der Waals surface area contributed by atoms with Crippen LogP contribution in [0.5, 0.6) is 0 Å². The van der Waals surface area contributed by atoms with E-state index in [0.29, 0.717) is 11.8 Å². The maximum absolute atomic E-state index is 13.3. The first-order valence-electron chi connectivity index (χ1n) is 4.98. The average molecular weight is 267 g/mol. The summed E-state index contributed by atoms with van der Waals surface area (Å²) in [4.78, 5) is 0. The van der Waals surface area contributed by atoms with Gasteiger partial charge in [0.2, 0.25) is 0 Å². The van der Waals surface area contributed by atoms with Gasteiger partial charge in [-0.2, -0.15) is 0 Å². The third kappa shape index (κ3) is 2.37. The summed E-state index contributed by atoms with van der Waals surface area (Å²) in [6.45, 7) is 0. The molecule has 1 atom stereocenters. The first-order valence-corrected chi connectivity index (χ1v) is 6.10. The topological polar surface area (TPSA) is 0 Å². The molecule has 0 aromatic heterocycles. The fourth-order valence-corrected chi connectivity index (χ4v) is 1.99. The standard InChI is InChI=1S/C13H12BrF/c14-9-12(15)8-11-6-3-5-10-4-1-2-7-13(10)11/h1-7,12H,8-9H2. The van der Waals surface area contributed by atoms with Crippen LogP contribution in [0, 0.1) is 0 Å². The third-order valence-electron chi connectivity index (χ3n) is 2.49. The van der Waals surface area contributed by atoms with E-state index in [9.17, 15) is 4.39 Å². The van der Waals surface area contributed by atoms with Crippen molar-refractivity contribution in [3.63, 3.8) is 0 Å². The van der Waals surface area contributed by atoms with Crippen molar-refractivity contribution in [3.8, 4) is 0 Å². The Kier molecular flexibility index (Phi) is 3.37. The minimum Gasteiger partial charge on any atom is -0.246 e. The highest BCUT2D eigenvalue weighted by Crippen LogP contribution is 2.20. The molecule has 0 bridgehead atoms. The van der Waals surface area contributed by atoms with Crippen molar-refractivity contribution >= 4 is 26.7 Å². The highest BCUT2D eigenvalue weighted by molar-refractivity contribution is 9.09. The van der Waals surface area contributed by atoms with Crippen LogP contribution in [-0.2, 0) is 6.42 Å². The number of hydrogen-bond acceptors (Lipinski definition) is 0. The highest BCUT2D eigenvalue weighted by atomic mass is 79.9. The Balaban J connectivity index is 2.42. The molecule has 0 N–H and O–H groups in total. The molecule has 2 aromatic rings. The number of alkyl halides is 2. The number of rotatable bonds is 3. The summed E-state index contributed by atoms with van der Waals surface area (Å²) in [5, 5.41) is 2.73. The number of benzene rings is 2. The minimum absolute atomic E-state index is 0.399. The van der Waals surface area contributed by atoms with E-state index in [4.69, 9.17) is 0 Å². The lowest BCUT2D eigenvalue weighted by Crippen LogP contribution is -2.05. The Hall–Kier alpha value is -0.890. The number of hydrogen-bond donors (Lipinski definition) is 0. The molecular weight excluding hydrogens is 255 g/mol. The first-order chi connectivity index (χ1) is 7.31. The van der Waals surface area contributed by atoms with Crippen molar-refractivity contribution in [2.24, 2.45) is 0 Å². The van der Waals surface area contributed by atoms with Gasteiger partial charge in [-0.25, -0.2) is 4.39 Å². The van der Waals surface area contributed by atoms with Crippen LogP contribution < -0.4 is 0 Å². The van der Waals surface area contributed by atoms with Crippen LogP contribution >= 0.6 is 15.9 Å². The van der Waals surface area contributed by atoms with Crippen LogP contribution in [-0.4, -0.2) is 11.5 Å². The maximum atomic E-state index is 13.3. The van der Waals surface area contributed by atoms with Gasteiger partial charge in [0.15, 0.2) is 0 Å². The van der Waals surface area contributed by atoms with E-state index in [1.807, 2.05) is 30.3 Å². The molecule has 78 valence electrons. The smallest absolute Gasteiger partial charge is 0.114 e. The first kappa shape index (κ1) is 10.6. The molecule has 0 saturated carbocycles. The van der Waals surface area contributed by atoms with Gasteiger partial charge in [-0.05, 0) is 16.3 Å². The van der Waals surface area contributed by atoms with E-state index in [2.05, 4.69) is 28.1 Å². The van der Waals surface area contributed by atoms with Crippen LogP contribution in [0.15, 0.2) is 42.5 Å². The Morgan fingerprint density at radius 1 is 1.07 bits per heavy atom. The van der Waals surface area contributed by atoms with Crippen molar-refractivity contribution in [3.05, 3.63) is 48.0 Å². The zero-order chi connectivity index (χ0) is 10.7. The normalized spacial score (nSPS) is 12.9. The van der Waals surface area contributed by atoms with Gasteiger partial charge in [0, 0.05) is 11.8 Å². The second-order valence-electron chi connectivity index (χ2n) is 3.59. The second-order valence-corrected chi connectivity index (χ2v) is 4.24. The molecule has 0 amide bonds. The molecule has 0 nitrogen and oxygen atoms in total. The molecule has 0 heterocycles. The molecule has 2 heteroatoms. The summed E-state index contributed by atoms with van der Waals surface area (Å²) in [6, 6.07) is 14.1. The quantitative estimate of drug-likeness (QED) is 0.734. The predicted octanol–water partition coefficient (Wildman–Crippen LogP) is 4.12. The van der Waals surface area contributed by atoms with Gasteiger partial charge in [0.1, 0.15) is 6.17 Å². The Labute approximate surface area is 97.2 Å². The second kappa shape index (κ2) is 4.75. The van der Waals surface area contributed by atoms with E-state index >= 15 is 0 Å². The Morgan fingerprint density at radius 3 is 2.60 bits per heavy atom. The zero-order valence-corrected chi connectivity index (χ0v) is 9.87. The van der Waals surface area contributed by atoms with Gasteiger partial charge in [0.25, 0.3) is 0 Å². The lowest BCUT2D eigenvalue weighted by Gasteiger charge is -2.08. The summed E-state index contributed by atoms with van der Waals surface area (Å²) in [5.41, 5.74) is 1.08. The lowest BCUT2D eigenvalue weighted by atomic mass is 10.0. The average Bonchev–Trinajstić information content (AvgIpc) is 2.29. The molecular formula is C13H12BrF. The summed E-state index contributed by atoms with van der Waals surface area (Å²) < 4.78 is 13.3. The van der Waals surface area contributed by atoms with E-state index in [0.717, 1.165) is 10.9 Å². The number of fused-ring (bicyclic) bond motifs is 1. The molecule has 0 radical (unpaired) electrons. The molecule has 1 unspecified atom stereocenters. The van der Waals surface area contributed by atoms with Crippen molar-refractivity contribution < 1.29 is 4.39 Å². The summed E-state index contributed by atoms with van der Waals surface area (Å²) in [5.74, 6) is 0. The lowest BCUT2D eigenvalue weighted by molar-refractivity contribution is 0.369. The maximum Gasteiger partial charge on any atom is 0.114 e. The summed E-state index contributed by atoms with van der Waals surface area (Å²) in [7, 11) is 0. The molecule has 0 saturated heterocycles. The van der Waals surface area contributed by atoms with E-state index in [-0.39, 0.29) is 0 Å². The highest BCUT2D eigenvalue weighted by Gasteiger charge is 2.07. The zero-order valence-electron chi connectivity index (χ0n) is 8.29. The van der Waals surface area contributed by atoms with Gasteiger partial charge in [-0.3, -0.25) is 0 Å². The SMILES string of the molecule is FC(CBr)Cc1cccc2ccccc12. The predicted molar refractivity (Wildman–Crippen MR) is 66.3 cm³/mol. The van der Waals surface area contributed by atoms with Crippen molar-refractivity contribution in [2.45, 2.75) is 12.6 Å². The molecule has 2 aromatic carbocycles. The van der Waals surface area contributed by atoms with E-state index in [1.165, 1.54) is 5.39 Å². The van der Waals surface area contributed by atoms with Crippen LogP contribution in [0.1, 0.15) is 5.56 Å². The van der Waals surface area contributed by atoms with Gasteiger partial charge in [0.05, 0.1) is 0 Å². The van der Waals surface area contributed by atoms with Crippen LogP contribution in [0.2, 0.25) is 0 Å². The Morgan fingerprint density at radius 2 is 1.80 bits per heavy atom. The monoisotopic (exact) mass is 266 g/mol. The van der Waals surface area contributed by atoms with Crippen LogP contribution in [0.3, 0.4) is 0 Å². The fraction of sp³-hybridized carbons (Fsp3) is 0.231. The van der Waals surface area contributed by atoms with Gasteiger partial charge >= 0.3 is 0 Å². The molecule has 0 aliphatic rings. The van der Waals surface area contributed by atoms with Crippen molar-refractivity contribution in [1.82, 2.24) is 0 Å². The van der Waals surface area contributed by atoms with Crippen LogP contribution in [0.4, 0.5) is 4.39 Å². The summed E-state index contributed by atoms with van der Waals surface area (Å²) in [6.07, 6.45) is -0.331. The number of halogens is 2. The van der Waals surface area contributed by atoms with Gasteiger partial charge in [-0.15, -0.1) is 0 Å². The van der Waals surface area contributed by atoms with Crippen molar-refractivity contribution in [1.29, 1.82) is 0 Å². The molecule has 15 heavy (non-hydrogen) atoms. The third-order valence-corrected chi connectivity index (χ3v) is 3.19. The summed E-state index contributed by atoms with van der Waals surface area (Å²) >= 11 is 3.16. The van der Waals surface area contributed by atoms with E-state index < -0.39 is 6.17 Å². The largest absolute Gasteiger partial charge is 0.246 e. The molecule has 2 rings (SSSR count). The molecule has 0 aliphatic heterocycles. The fourth-order valence-electron chi connectivity index (χ4n) is 1.76. The minimum atomic E-state index is -0.809. The van der Waals surface area contributed by atoms with E-state index in [1.54, 1.807) is 0 Å². The Bertz CT molecular complexity index is 448. The van der Waals surface area contributed by atoms with Gasteiger partial charge in [-0.1, -0.05) is 58.4 Å². The van der Waals surface area contributed by atoms with Gasteiger partial charge < -0.3 is 0 Å².